The van der Waals surface area contributed by atoms with Crippen LogP contribution in [0.1, 0.15) is 98.8 Å². The largest absolute Gasteiger partial charge is 0.459 e. The second-order valence-electron chi connectivity index (χ2n) is 14.5. The Hall–Kier alpha value is -1.39. The quantitative estimate of drug-likeness (QED) is 0.328. The molecule has 1 aromatic carbocycles. The second kappa shape index (κ2) is 9.83. The van der Waals surface area contributed by atoms with Gasteiger partial charge >= 0.3 is 14.2 Å². The monoisotopic (exact) mass is 574 g/mol. The van der Waals surface area contributed by atoms with Crippen LogP contribution >= 0.6 is 0 Å². The zero-order chi connectivity index (χ0) is 30.3. The first-order chi connectivity index (χ1) is 18.1. The van der Waals surface area contributed by atoms with Gasteiger partial charge in [0, 0.05) is 11.4 Å². The standard InChI is InChI=1S/C29H48B2N2O6S/c1-18(2)29(16-22(17-29)32-33-40(34,35)23-20(4)14-19(3)15-21(23)5)24(30-36-25(6,7)26(8,9)37-30)31-38-27(10,11)28(12,13)39-31/h14-15,18,24,33H,16-17H2,1-13H3. The maximum absolute atomic E-state index is 13.3. The fourth-order valence-corrected chi connectivity index (χ4v) is 7.62. The fourth-order valence-electron chi connectivity index (χ4n) is 6.32. The predicted molar refractivity (Wildman–Crippen MR) is 161 cm³/mol. The summed E-state index contributed by atoms with van der Waals surface area (Å²) in [5, 5.41) is 4.43. The molecule has 0 radical (unpaired) electrons. The predicted octanol–water partition coefficient (Wildman–Crippen LogP) is 5.78. The molecule has 3 fully saturated rings. The average molecular weight is 574 g/mol. The van der Waals surface area contributed by atoms with E-state index in [0.29, 0.717) is 24.0 Å². The first-order valence-electron chi connectivity index (χ1n) is 14.4. The first kappa shape index (κ1) is 31.5. The molecule has 4 rings (SSSR count). The van der Waals surface area contributed by atoms with E-state index in [1.54, 1.807) is 0 Å². The molecular weight excluding hydrogens is 526 g/mol. The third-order valence-electron chi connectivity index (χ3n) is 10.2. The van der Waals surface area contributed by atoms with Gasteiger partial charge in [0.05, 0.1) is 27.3 Å². The molecule has 3 aliphatic rings. The molecule has 0 atom stereocenters. The number of hydrogen-bond acceptors (Lipinski definition) is 7. The van der Waals surface area contributed by atoms with E-state index in [9.17, 15) is 8.42 Å². The van der Waals surface area contributed by atoms with Crippen LogP contribution in [0.4, 0.5) is 0 Å². The number of sulfonamides is 1. The number of hydrazone groups is 1. The normalized spacial score (nSPS) is 26.9. The van der Waals surface area contributed by atoms with Crippen LogP contribution in [-0.2, 0) is 28.6 Å². The summed E-state index contributed by atoms with van der Waals surface area (Å²) in [4.78, 5) is 2.80. The maximum atomic E-state index is 13.3. The Balaban J connectivity index is 1.66. The van der Waals surface area contributed by atoms with Gasteiger partial charge in [-0.25, -0.2) is 4.83 Å². The Kier molecular flexibility index (Phi) is 7.75. The highest BCUT2D eigenvalue weighted by Gasteiger charge is 2.69. The van der Waals surface area contributed by atoms with Gasteiger partial charge in [-0.05, 0) is 111 Å². The molecular formula is C29H48B2N2O6S. The minimum Gasteiger partial charge on any atom is -0.403 e. The maximum Gasteiger partial charge on any atom is 0.459 e. The number of hydrogen-bond donors (Lipinski definition) is 1. The van der Waals surface area contributed by atoms with Crippen LogP contribution in [0.2, 0.25) is 5.72 Å². The first-order valence-corrected chi connectivity index (χ1v) is 15.9. The minimum atomic E-state index is -3.82. The molecule has 0 spiro atoms. The molecule has 0 amide bonds. The van der Waals surface area contributed by atoms with Crippen molar-refractivity contribution in [2.75, 3.05) is 0 Å². The van der Waals surface area contributed by atoms with Gasteiger partial charge in [0.15, 0.2) is 0 Å². The summed E-state index contributed by atoms with van der Waals surface area (Å²) >= 11 is 0. The molecule has 1 aliphatic carbocycles. The van der Waals surface area contributed by atoms with Gasteiger partial charge in [0.25, 0.3) is 10.0 Å². The third-order valence-corrected chi connectivity index (χ3v) is 11.7. The molecule has 0 bridgehead atoms. The number of aryl methyl sites for hydroxylation is 3. The van der Waals surface area contributed by atoms with Crippen LogP contribution in [0, 0.1) is 32.1 Å². The Morgan fingerprint density at radius 1 is 0.775 bits per heavy atom. The molecule has 1 saturated carbocycles. The van der Waals surface area contributed by atoms with E-state index in [-0.39, 0.29) is 21.9 Å². The van der Waals surface area contributed by atoms with Gasteiger partial charge in [0.1, 0.15) is 0 Å². The van der Waals surface area contributed by atoms with Crippen molar-refractivity contribution < 1.29 is 27.0 Å². The number of benzene rings is 1. The van der Waals surface area contributed by atoms with Gasteiger partial charge < -0.3 is 18.6 Å². The van der Waals surface area contributed by atoms with Crippen LogP contribution in [-0.4, -0.2) is 50.8 Å². The number of rotatable bonds is 7. The molecule has 1 aromatic rings. The van der Waals surface area contributed by atoms with E-state index in [0.717, 1.165) is 11.3 Å². The van der Waals surface area contributed by atoms with Crippen molar-refractivity contribution in [2.24, 2.45) is 16.4 Å². The van der Waals surface area contributed by atoms with E-state index in [1.165, 1.54) is 0 Å². The zero-order valence-corrected chi connectivity index (χ0v) is 27.5. The lowest BCUT2D eigenvalue weighted by molar-refractivity contribution is 0.00578. The summed E-state index contributed by atoms with van der Waals surface area (Å²) in [7, 11) is -4.93. The lowest BCUT2D eigenvalue weighted by Gasteiger charge is -2.52. The molecule has 1 N–H and O–H groups in total. The van der Waals surface area contributed by atoms with Crippen LogP contribution in [0.3, 0.4) is 0 Å². The lowest BCUT2D eigenvalue weighted by Crippen LogP contribution is -2.56. The highest BCUT2D eigenvalue weighted by molar-refractivity contribution is 7.89. The van der Waals surface area contributed by atoms with Crippen LogP contribution in [0.15, 0.2) is 22.1 Å². The second-order valence-corrected chi connectivity index (χ2v) is 16.1. The molecule has 222 valence electrons. The average Bonchev–Trinajstić information content (AvgIpc) is 3.06. The lowest BCUT2D eigenvalue weighted by atomic mass is 9.35. The van der Waals surface area contributed by atoms with Crippen LogP contribution in [0.5, 0.6) is 0 Å². The van der Waals surface area contributed by atoms with Crippen molar-refractivity contribution in [1.82, 2.24) is 4.83 Å². The van der Waals surface area contributed by atoms with E-state index >= 15 is 0 Å². The van der Waals surface area contributed by atoms with Crippen molar-refractivity contribution in [2.45, 2.75) is 136 Å². The highest BCUT2D eigenvalue weighted by Crippen LogP contribution is 2.60. The molecule has 40 heavy (non-hydrogen) atoms. The van der Waals surface area contributed by atoms with Gasteiger partial charge in [-0.1, -0.05) is 31.5 Å². The summed E-state index contributed by atoms with van der Waals surface area (Å²) in [6, 6.07) is 3.75. The van der Waals surface area contributed by atoms with Gasteiger partial charge in [0.2, 0.25) is 0 Å². The topological polar surface area (TPSA) is 95.5 Å². The summed E-state index contributed by atoms with van der Waals surface area (Å²) in [5.41, 5.74) is 0.573. The molecule has 2 heterocycles. The summed E-state index contributed by atoms with van der Waals surface area (Å²) in [5.74, 6) is 0.202. The fraction of sp³-hybridized carbons (Fsp3) is 0.759. The van der Waals surface area contributed by atoms with Crippen LogP contribution < -0.4 is 4.83 Å². The Morgan fingerprint density at radius 3 is 1.50 bits per heavy atom. The van der Waals surface area contributed by atoms with Crippen molar-refractivity contribution in [3.63, 3.8) is 0 Å². The van der Waals surface area contributed by atoms with Gasteiger partial charge in [-0.3, -0.25) is 0 Å². The molecule has 0 aromatic heterocycles. The molecule has 11 heteroatoms. The van der Waals surface area contributed by atoms with Gasteiger partial charge in [-0.2, -0.15) is 13.5 Å². The van der Waals surface area contributed by atoms with Gasteiger partial charge in [-0.15, -0.1) is 0 Å². The molecule has 8 nitrogen and oxygen atoms in total. The van der Waals surface area contributed by atoms with E-state index < -0.39 is 46.7 Å². The van der Waals surface area contributed by atoms with E-state index in [2.05, 4.69) is 23.8 Å². The molecule has 2 aliphatic heterocycles. The number of nitrogens with zero attached hydrogens (tertiary/aromatic N) is 1. The summed E-state index contributed by atoms with van der Waals surface area (Å²) < 4.78 is 53.0. The van der Waals surface area contributed by atoms with Crippen molar-refractivity contribution in [1.29, 1.82) is 0 Å². The molecule has 0 unspecified atom stereocenters. The zero-order valence-electron chi connectivity index (χ0n) is 26.7. The molecule has 2 saturated heterocycles. The third kappa shape index (κ3) is 5.19. The van der Waals surface area contributed by atoms with Crippen LogP contribution in [0.25, 0.3) is 0 Å². The van der Waals surface area contributed by atoms with Crippen molar-refractivity contribution in [3.8, 4) is 0 Å². The Morgan fingerprint density at radius 2 is 1.15 bits per heavy atom. The SMILES string of the molecule is Cc1cc(C)c(S(=O)(=O)NN=C2CC(C(C)C)(C(B3OC(C)(C)C(C)(C)O3)B3OC(C)(C)C(C)(C)O3)C2)c(C)c1. The minimum absolute atomic E-state index is 0.202. The summed E-state index contributed by atoms with van der Waals surface area (Å²) in [6.07, 6.45) is 1.16. The Bertz CT molecular complexity index is 1210. The van der Waals surface area contributed by atoms with E-state index in [1.807, 2.05) is 88.3 Å². The summed E-state index contributed by atoms with van der Waals surface area (Å²) in [6.45, 7) is 26.4. The Labute approximate surface area is 242 Å². The smallest absolute Gasteiger partial charge is 0.403 e. The number of nitrogens with one attached hydrogen (secondary N) is 1. The highest BCUT2D eigenvalue weighted by atomic mass is 32.2. The van der Waals surface area contributed by atoms with Crippen molar-refractivity contribution in [3.05, 3.63) is 28.8 Å². The van der Waals surface area contributed by atoms with Crippen molar-refractivity contribution >= 4 is 30.0 Å². The van der Waals surface area contributed by atoms with E-state index in [4.69, 9.17) is 18.6 Å².